The predicted octanol–water partition coefficient (Wildman–Crippen LogP) is 1.75. The highest BCUT2D eigenvalue weighted by molar-refractivity contribution is 5.45. The summed E-state index contributed by atoms with van der Waals surface area (Å²) >= 11 is 0. The molecular formula is C14H25N5. The lowest BCUT2D eigenvalue weighted by Gasteiger charge is -2.28. The van der Waals surface area contributed by atoms with Crippen LogP contribution in [0.3, 0.4) is 0 Å². The van der Waals surface area contributed by atoms with E-state index in [9.17, 15) is 0 Å². The minimum Gasteiger partial charge on any atom is -0.356 e. The molecule has 0 spiro atoms. The molecule has 1 aliphatic rings. The molecule has 0 aliphatic carbocycles. The third-order valence-corrected chi connectivity index (χ3v) is 3.36. The SMILES string of the molecule is Cc1cc(N2CCCCC2)nc(NCCN(C)C)n1. The first-order valence-corrected chi connectivity index (χ1v) is 7.14. The Morgan fingerprint density at radius 3 is 2.63 bits per heavy atom. The van der Waals surface area contributed by atoms with Gasteiger partial charge in [0.2, 0.25) is 5.95 Å². The third kappa shape index (κ3) is 4.35. The van der Waals surface area contributed by atoms with Gasteiger partial charge in [-0.25, -0.2) is 4.98 Å². The molecule has 0 amide bonds. The maximum atomic E-state index is 4.64. The second-order valence-corrected chi connectivity index (χ2v) is 5.47. The first-order chi connectivity index (χ1) is 9.15. The van der Waals surface area contributed by atoms with Gasteiger partial charge >= 0.3 is 0 Å². The van der Waals surface area contributed by atoms with E-state index in [1.165, 1.54) is 19.3 Å². The van der Waals surface area contributed by atoms with Crippen molar-refractivity contribution in [3.8, 4) is 0 Å². The summed E-state index contributed by atoms with van der Waals surface area (Å²) in [5.41, 5.74) is 1.03. The van der Waals surface area contributed by atoms with E-state index >= 15 is 0 Å². The van der Waals surface area contributed by atoms with Crippen LogP contribution in [0.4, 0.5) is 11.8 Å². The molecular weight excluding hydrogens is 238 g/mol. The number of aromatic nitrogens is 2. The Bertz CT molecular complexity index is 399. The number of likely N-dealkylation sites (N-methyl/N-ethyl adjacent to an activating group) is 1. The number of nitrogens with zero attached hydrogens (tertiary/aromatic N) is 4. The van der Waals surface area contributed by atoms with E-state index in [1.54, 1.807) is 0 Å². The highest BCUT2D eigenvalue weighted by Crippen LogP contribution is 2.19. The van der Waals surface area contributed by atoms with E-state index < -0.39 is 0 Å². The second kappa shape index (κ2) is 6.70. The van der Waals surface area contributed by atoms with Crippen molar-refractivity contribution in [2.75, 3.05) is 50.5 Å². The van der Waals surface area contributed by atoms with Crippen molar-refractivity contribution in [1.29, 1.82) is 0 Å². The van der Waals surface area contributed by atoms with Crippen LogP contribution in [0.2, 0.25) is 0 Å². The third-order valence-electron chi connectivity index (χ3n) is 3.36. The summed E-state index contributed by atoms with van der Waals surface area (Å²) in [5.74, 6) is 1.82. The Balaban J connectivity index is 2.01. The van der Waals surface area contributed by atoms with Gasteiger partial charge in [-0.3, -0.25) is 0 Å². The Hall–Kier alpha value is -1.36. The molecule has 0 unspecified atom stereocenters. The topological polar surface area (TPSA) is 44.3 Å². The first kappa shape index (κ1) is 14.1. The predicted molar refractivity (Wildman–Crippen MR) is 79.9 cm³/mol. The summed E-state index contributed by atoms with van der Waals surface area (Å²) in [6.45, 7) is 6.12. The van der Waals surface area contributed by atoms with Crippen LogP contribution >= 0.6 is 0 Å². The molecule has 1 aromatic heterocycles. The van der Waals surface area contributed by atoms with Crippen LogP contribution in [0.15, 0.2) is 6.07 Å². The minimum atomic E-state index is 0.752. The summed E-state index contributed by atoms with van der Waals surface area (Å²) in [5, 5.41) is 3.31. The van der Waals surface area contributed by atoms with Crippen LogP contribution in [0.25, 0.3) is 0 Å². The van der Waals surface area contributed by atoms with Gasteiger partial charge in [-0.1, -0.05) is 0 Å². The van der Waals surface area contributed by atoms with Gasteiger partial charge in [0.25, 0.3) is 0 Å². The molecule has 0 saturated carbocycles. The largest absolute Gasteiger partial charge is 0.356 e. The molecule has 1 aliphatic heterocycles. The van der Waals surface area contributed by atoms with Crippen LogP contribution in [0, 0.1) is 6.92 Å². The fraction of sp³-hybridized carbons (Fsp3) is 0.714. The molecule has 1 aromatic rings. The number of nitrogens with one attached hydrogen (secondary N) is 1. The van der Waals surface area contributed by atoms with Crippen molar-refractivity contribution in [2.24, 2.45) is 0 Å². The Labute approximate surface area is 116 Å². The van der Waals surface area contributed by atoms with Crippen LogP contribution in [-0.4, -0.2) is 55.1 Å². The van der Waals surface area contributed by atoms with E-state index in [2.05, 4.69) is 45.2 Å². The zero-order valence-electron chi connectivity index (χ0n) is 12.3. The highest BCUT2D eigenvalue weighted by atomic mass is 15.2. The average molecular weight is 263 g/mol. The zero-order chi connectivity index (χ0) is 13.7. The first-order valence-electron chi connectivity index (χ1n) is 7.14. The standard InChI is InChI=1S/C14H25N5/c1-12-11-13(19-8-5-4-6-9-19)17-14(16-12)15-7-10-18(2)3/h11H,4-10H2,1-3H3,(H,15,16,17). The number of anilines is 2. The summed E-state index contributed by atoms with van der Waals surface area (Å²) in [6, 6.07) is 2.09. The molecule has 1 saturated heterocycles. The monoisotopic (exact) mass is 263 g/mol. The summed E-state index contributed by atoms with van der Waals surface area (Å²) in [6.07, 6.45) is 3.88. The highest BCUT2D eigenvalue weighted by Gasteiger charge is 2.13. The molecule has 1 fully saturated rings. The Kier molecular flexibility index (Phi) is 4.96. The molecule has 2 rings (SSSR count). The smallest absolute Gasteiger partial charge is 0.224 e. The number of hydrogen-bond donors (Lipinski definition) is 1. The van der Waals surface area contributed by atoms with Gasteiger partial charge in [-0.15, -0.1) is 0 Å². The van der Waals surface area contributed by atoms with Crippen LogP contribution in [-0.2, 0) is 0 Å². The molecule has 0 aromatic carbocycles. The molecule has 19 heavy (non-hydrogen) atoms. The van der Waals surface area contributed by atoms with E-state index in [0.29, 0.717) is 0 Å². The fourth-order valence-corrected chi connectivity index (χ4v) is 2.31. The van der Waals surface area contributed by atoms with Crippen molar-refractivity contribution in [3.63, 3.8) is 0 Å². The van der Waals surface area contributed by atoms with Crippen LogP contribution < -0.4 is 10.2 Å². The quantitative estimate of drug-likeness (QED) is 0.877. The van der Waals surface area contributed by atoms with Crippen molar-refractivity contribution in [1.82, 2.24) is 14.9 Å². The molecule has 2 heterocycles. The molecule has 5 heteroatoms. The van der Waals surface area contributed by atoms with E-state index in [1.807, 2.05) is 6.92 Å². The minimum absolute atomic E-state index is 0.752. The maximum absolute atomic E-state index is 4.64. The summed E-state index contributed by atoms with van der Waals surface area (Å²) in [4.78, 5) is 13.6. The molecule has 106 valence electrons. The van der Waals surface area contributed by atoms with Gasteiger partial charge < -0.3 is 15.1 Å². The summed E-state index contributed by atoms with van der Waals surface area (Å²) in [7, 11) is 4.13. The van der Waals surface area contributed by atoms with Gasteiger partial charge in [0.1, 0.15) is 5.82 Å². The van der Waals surface area contributed by atoms with Crippen LogP contribution in [0.1, 0.15) is 25.0 Å². The van der Waals surface area contributed by atoms with Crippen molar-refractivity contribution in [2.45, 2.75) is 26.2 Å². The lowest BCUT2D eigenvalue weighted by molar-refractivity contribution is 0.425. The number of rotatable bonds is 5. The molecule has 1 N–H and O–H groups in total. The van der Waals surface area contributed by atoms with Crippen LogP contribution in [0.5, 0.6) is 0 Å². The van der Waals surface area contributed by atoms with Crippen molar-refractivity contribution in [3.05, 3.63) is 11.8 Å². The molecule has 0 bridgehead atoms. The zero-order valence-corrected chi connectivity index (χ0v) is 12.3. The molecule has 5 nitrogen and oxygen atoms in total. The van der Waals surface area contributed by atoms with Crippen molar-refractivity contribution < 1.29 is 0 Å². The second-order valence-electron chi connectivity index (χ2n) is 5.47. The lowest BCUT2D eigenvalue weighted by Crippen LogP contribution is -2.30. The summed E-state index contributed by atoms with van der Waals surface area (Å²) < 4.78 is 0. The number of aryl methyl sites for hydroxylation is 1. The normalized spacial score (nSPS) is 15.9. The molecule has 0 atom stereocenters. The van der Waals surface area contributed by atoms with E-state index in [4.69, 9.17) is 0 Å². The Morgan fingerprint density at radius 2 is 1.95 bits per heavy atom. The van der Waals surface area contributed by atoms with Gasteiger partial charge in [0.15, 0.2) is 0 Å². The maximum Gasteiger partial charge on any atom is 0.224 e. The van der Waals surface area contributed by atoms with E-state index in [0.717, 1.165) is 43.6 Å². The number of piperidine rings is 1. The van der Waals surface area contributed by atoms with Gasteiger partial charge in [0, 0.05) is 37.9 Å². The van der Waals surface area contributed by atoms with Gasteiger partial charge in [0.05, 0.1) is 0 Å². The van der Waals surface area contributed by atoms with Crippen molar-refractivity contribution >= 4 is 11.8 Å². The Morgan fingerprint density at radius 1 is 1.21 bits per heavy atom. The average Bonchev–Trinajstić information content (AvgIpc) is 2.39. The lowest BCUT2D eigenvalue weighted by atomic mass is 10.1. The van der Waals surface area contributed by atoms with Gasteiger partial charge in [-0.05, 0) is 40.3 Å². The van der Waals surface area contributed by atoms with Gasteiger partial charge in [-0.2, -0.15) is 4.98 Å². The van der Waals surface area contributed by atoms with E-state index in [-0.39, 0.29) is 0 Å². The fourth-order valence-electron chi connectivity index (χ4n) is 2.31. The molecule has 0 radical (unpaired) electrons. The number of hydrogen-bond acceptors (Lipinski definition) is 5.